The topological polar surface area (TPSA) is 75.4 Å². The molecule has 1 unspecified atom stereocenters. The largest absolute Gasteiger partial charge is 0.396 e. The maximum absolute atomic E-state index is 12.0. The van der Waals surface area contributed by atoms with Crippen LogP contribution in [0.2, 0.25) is 0 Å². The zero-order chi connectivity index (χ0) is 14.4. The van der Waals surface area contributed by atoms with Crippen LogP contribution in [0.5, 0.6) is 0 Å². The van der Waals surface area contributed by atoms with Crippen molar-refractivity contribution in [2.75, 3.05) is 13.2 Å². The molecule has 0 saturated carbocycles. The molecule has 0 radical (unpaired) electrons. The molecule has 0 saturated heterocycles. The Morgan fingerprint density at radius 3 is 3.10 bits per heavy atom. The van der Waals surface area contributed by atoms with Crippen molar-refractivity contribution in [3.8, 4) is 10.6 Å². The summed E-state index contributed by atoms with van der Waals surface area (Å²) in [4.78, 5) is 12.9. The lowest BCUT2D eigenvalue weighted by molar-refractivity contribution is 0.0934. The Hall–Kier alpha value is -1.66. The minimum Gasteiger partial charge on any atom is -0.396 e. The lowest BCUT2D eigenvalue weighted by Crippen LogP contribution is -2.29. The van der Waals surface area contributed by atoms with Crippen LogP contribution < -0.4 is 5.32 Å². The Bertz CT molecular complexity index is 536. The van der Waals surface area contributed by atoms with Gasteiger partial charge in [-0.3, -0.25) is 4.79 Å². The first-order valence-electron chi connectivity index (χ1n) is 6.64. The third kappa shape index (κ3) is 3.68. The molecule has 2 heterocycles. The molecule has 0 aliphatic rings. The molecule has 6 heteroatoms. The first kappa shape index (κ1) is 14.7. The zero-order valence-electron chi connectivity index (χ0n) is 11.3. The van der Waals surface area contributed by atoms with Crippen LogP contribution in [0.25, 0.3) is 10.6 Å². The monoisotopic (exact) mass is 294 g/mol. The molecule has 108 valence electrons. The third-order valence-electron chi connectivity index (χ3n) is 3.17. The molecule has 5 nitrogen and oxygen atoms in total. The molecule has 1 atom stereocenters. The van der Waals surface area contributed by atoms with Gasteiger partial charge in [0.15, 0.2) is 11.5 Å². The molecule has 20 heavy (non-hydrogen) atoms. The maximum Gasteiger partial charge on any atom is 0.273 e. The van der Waals surface area contributed by atoms with Gasteiger partial charge < -0.3 is 14.9 Å². The maximum atomic E-state index is 12.0. The van der Waals surface area contributed by atoms with Crippen molar-refractivity contribution in [1.29, 1.82) is 0 Å². The Morgan fingerprint density at radius 1 is 1.60 bits per heavy atom. The van der Waals surface area contributed by atoms with Crippen molar-refractivity contribution in [2.24, 2.45) is 5.92 Å². The number of rotatable bonds is 7. The van der Waals surface area contributed by atoms with Gasteiger partial charge in [-0.25, -0.2) is 0 Å². The van der Waals surface area contributed by atoms with Crippen LogP contribution in [-0.4, -0.2) is 29.3 Å². The summed E-state index contributed by atoms with van der Waals surface area (Å²) in [7, 11) is 0. The number of nitrogens with one attached hydrogen (secondary N) is 1. The van der Waals surface area contributed by atoms with E-state index < -0.39 is 0 Å². The number of amides is 1. The number of aromatic nitrogens is 1. The Labute approximate surface area is 121 Å². The predicted molar refractivity (Wildman–Crippen MR) is 77.6 cm³/mol. The van der Waals surface area contributed by atoms with Gasteiger partial charge in [0.2, 0.25) is 0 Å². The molecule has 0 aromatic carbocycles. The number of aliphatic hydroxyl groups is 1. The van der Waals surface area contributed by atoms with E-state index in [-0.39, 0.29) is 24.1 Å². The Balaban J connectivity index is 1.93. The quantitative estimate of drug-likeness (QED) is 0.823. The van der Waals surface area contributed by atoms with Crippen LogP contribution in [0, 0.1) is 5.92 Å². The summed E-state index contributed by atoms with van der Waals surface area (Å²) < 4.78 is 5.17. The van der Waals surface area contributed by atoms with Crippen LogP contribution in [0.1, 0.15) is 30.3 Å². The van der Waals surface area contributed by atoms with Gasteiger partial charge in [-0.1, -0.05) is 24.6 Å². The number of nitrogens with zero attached hydrogens (tertiary/aromatic N) is 1. The van der Waals surface area contributed by atoms with Gasteiger partial charge >= 0.3 is 0 Å². The summed E-state index contributed by atoms with van der Waals surface area (Å²) in [5.41, 5.74) is 0.284. The summed E-state index contributed by atoms with van der Waals surface area (Å²) in [5, 5.41) is 17.5. The number of hydrogen-bond donors (Lipinski definition) is 2. The highest BCUT2D eigenvalue weighted by molar-refractivity contribution is 7.13. The fourth-order valence-corrected chi connectivity index (χ4v) is 2.55. The second kappa shape index (κ2) is 7.21. The first-order chi connectivity index (χ1) is 9.74. The predicted octanol–water partition coefficient (Wildman–Crippen LogP) is 2.54. The van der Waals surface area contributed by atoms with E-state index in [1.807, 2.05) is 24.4 Å². The molecular formula is C14H18N2O3S. The first-order valence-corrected chi connectivity index (χ1v) is 7.52. The molecule has 0 aliphatic heterocycles. The minimum absolute atomic E-state index is 0.140. The average Bonchev–Trinajstić information content (AvgIpc) is 3.12. The van der Waals surface area contributed by atoms with Crippen LogP contribution in [0.15, 0.2) is 28.1 Å². The van der Waals surface area contributed by atoms with Crippen molar-refractivity contribution >= 4 is 17.2 Å². The lowest BCUT2D eigenvalue weighted by atomic mass is 10.0. The summed E-state index contributed by atoms with van der Waals surface area (Å²) in [5.74, 6) is 0.646. The van der Waals surface area contributed by atoms with Gasteiger partial charge in [0.25, 0.3) is 5.91 Å². The number of carbonyl (C=O) groups excluding carboxylic acids is 1. The van der Waals surface area contributed by atoms with Crippen LogP contribution in [0.4, 0.5) is 0 Å². The number of aliphatic hydroxyl groups excluding tert-OH is 1. The Morgan fingerprint density at radius 2 is 2.45 bits per heavy atom. The molecule has 0 aliphatic carbocycles. The van der Waals surface area contributed by atoms with E-state index in [2.05, 4.69) is 10.5 Å². The Kier molecular flexibility index (Phi) is 5.31. The highest BCUT2D eigenvalue weighted by Gasteiger charge is 2.15. The molecule has 0 bridgehead atoms. The van der Waals surface area contributed by atoms with E-state index in [9.17, 15) is 4.79 Å². The molecule has 0 fully saturated rings. The molecule has 2 aromatic heterocycles. The van der Waals surface area contributed by atoms with Gasteiger partial charge in [-0.2, -0.15) is 0 Å². The van der Waals surface area contributed by atoms with Gasteiger partial charge in [-0.15, -0.1) is 11.3 Å². The van der Waals surface area contributed by atoms with E-state index in [1.165, 1.54) is 11.3 Å². The van der Waals surface area contributed by atoms with Gasteiger partial charge in [0, 0.05) is 19.2 Å². The fraction of sp³-hybridized carbons (Fsp3) is 0.429. The van der Waals surface area contributed by atoms with E-state index >= 15 is 0 Å². The SMILES string of the molecule is CCC(CCO)CNC(=O)c1cc(-c2cccs2)on1. The van der Waals surface area contributed by atoms with Crippen LogP contribution in [-0.2, 0) is 0 Å². The molecule has 2 rings (SSSR count). The summed E-state index contributed by atoms with van der Waals surface area (Å²) in [6.07, 6.45) is 1.61. The van der Waals surface area contributed by atoms with Gasteiger partial charge in [0.05, 0.1) is 4.88 Å². The number of hydrogen-bond acceptors (Lipinski definition) is 5. The van der Waals surface area contributed by atoms with Crippen molar-refractivity contribution in [1.82, 2.24) is 10.5 Å². The fourth-order valence-electron chi connectivity index (χ4n) is 1.88. The summed E-state index contributed by atoms with van der Waals surface area (Å²) in [6, 6.07) is 5.48. The van der Waals surface area contributed by atoms with Crippen molar-refractivity contribution in [3.63, 3.8) is 0 Å². The minimum atomic E-state index is -0.243. The molecule has 1 amide bonds. The van der Waals surface area contributed by atoms with Crippen molar-refractivity contribution in [3.05, 3.63) is 29.3 Å². The molecule has 2 aromatic rings. The third-order valence-corrected chi connectivity index (χ3v) is 4.06. The number of thiophene rings is 1. The second-order valence-electron chi connectivity index (χ2n) is 4.55. The summed E-state index contributed by atoms with van der Waals surface area (Å²) in [6.45, 7) is 2.72. The standard InChI is InChI=1S/C14H18N2O3S/c1-2-10(5-6-17)9-15-14(18)11-8-12(19-16-11)13-4-3-7-20-13/h3-4,7-8,10,17H,2,5-6,9H2,1H3,(H,15,18). The smallest absolute Gasteiger partial charge is 0.273 e. The molecule has 0 spiro atoms. The number of carbonyl (C=O) groups is 1. The zero-order valence-corrected chi connectivity index (χ0v) is 12.2. The van der Waals surface area contributed by atoms with E-state index in [4.69, 9.17) is 9.63 Å². The highest BCUT2D eigenvalue weighted by Crippen LogP contribution is 2.25. The van der Waals surface area contributed by atoms with Gasteiger partial charge in [0.1, 0.15) is 0 Å². The van der Waals surface area contributed by atoms with Crippen molar-refractivity contribution < 1.29 is 14.4 Å². The normalized spacial score (nSPS) is 12.3. The van der Waals surface area contributed by atoms with Crippen molar-refractivity contribution in [2.45, 2.75) is 19.8 Å². The van der Waals surface area contributed by atoms with E-state index in [0.717, 1.165) is 11.3 Å². The highest BCUT2D eigenvalue weighted by atomic mass is 32.1. The van der Waals surface area contributed by atoms with E-state index in [0.29, 0.717) is 18.7 Å². The molecular weight excluding hydrogens is 276 g/mol. The average molecular weight is 294 g/mol. The van der Waals surface area contributed by atoms with Crippen LogP contribution >= 0.6 is 11.3 Å². The van der Waals surface area contributed by atoms with Crippen LogP contribution in [0.3, 0.4) is 0 Å². The molecule has 2 N–H and O–H groups in total. The van der Waals surface area contributed by atoms with E-state index in [1.54, 1.807) is 6.07 Å². The van der Waals surface area contributed by atoms with Gasteiger partial charge in [-0.05, 0) is 23.8 Å². The second-order valence-corrected chi connectivity index (χ2v) is 5.50. The summed E-state index contributed by atoms with van der Waals surface area (Å²) >= 11 is 1.54. The lowest BCUT2D eigenvalue weighted by Gasteiger charge is -2.13.